The minimum Gasteiger partial charge on any atom is -0.480 e. The number of benzene rings is 1. The summed E-state index contributed by atoms with van der Waals surface area (Å²) in [5, 5.41) is 19.1. The standard InChI is InChI=1S/C28H46N10O7/c29-13-5-4-9-20(36-24(42)18(30)11-12-22(31)39)26(44)38-21(15-17-7-2-1-3-8-17)27(45)37-19(10-6-14-34-28(32)33)25(43)35-16-23(40)41/h1-3,7-8,18-21H,4-6,9-16,29-30H2,(H2,31,39)(H,35,43)(H,36,42)(H,37,45)(H,38,44)(H,40,41)(H4,32,33,34)/t18-,19-,20-,21-/m0/s1. The van der Waals surface area contributed by atoms with Crippen molar-refractivity contribution in [3.63, 3.8) is 0 Å². The normalized spacial score (nSPS) is 13.3. The minimum atomic E-state index is -1.28. The first-order valence-electron chi connectivity index (χ1n) is 14.6. The highest BCUT2D eigenvalue weighted by Crippen LogP contribution is 2.08. The Morgan fingerprint density at radius 2 is 1.33 bits per heavy atom. The van der Waals surface area contributed by atoms with Crippen LogP contribution >= 0.6 is 0 Å². The number of nitrogens with one attached hydrogen (secondary N) is 4. The van der Waals surface area contributed by atoms with Crippen LogP contribution in [0.15, 0.2) is 35.3 Å². The Morgan fingerprint density at radius 1 is 0.756 bits per heavy atom. The lowest BCUT2D eigenvalue weighted by Gasteiger charge is -2.26. The van der Waals surface area contributed by atoms with Crippen LogP contribution < -0.4 is 49.9 Å². The van der Waals surface area contributed by atoms with Gasteiger partial charge in [-0.05, 0) is 50.6 Å². The highest BCUT2D eigenvalue weighted by Gasteiger charge is 2.30. The third-order valence-electron chi connectivity index (χ3n) is 6.53. The predicted molar refractivity (Wildman–Crippen MR) is 166 cm³/mol. The van der Waals surface area contributed by atoms with Gasteiger partial charge in [-0.3, -0.25) is 33.8 Å². The summed E-state index contributed by atoms with van der Waals surface area (Å²) in [7, 11) is 0. The van der Waals surface area contributed by atoms with Gasteiger partial charge in [-0.1, -0.05) is 30.3 Å². The molecular formula is C28H46N10O7. The van der Waals surface area contributed by atoms with Gasteiger partial charge >= 0.3 is 5.97 Å². The number of carbonyl (C=O) groups excluding carboxylic acids is 5. The number of aliphatic carboxylic acids is 1. The zero-order chi connectivity index (χ0) is 33.8. The summed E-state index contributed by atoms with van der Waals surface area (Å²) >= 11 is 0. The maximum absolute atomic E-state index is 13.6. The van der Waals surface area contributed by atoms with Crippen molar-refractivity contribution in [2.45, 2.75) is 75.5 Å². The van der Waals surface area contributed by atoms with Crippen molar-refractivity contribution in [1.29, 1.82) is 0 Å². The number of carbonyl (C=O) groups is 6. The molecule has 4 atom stereocenters. The van der Waals surface area contributed by atoms with E-state index >= 15 is 0 Å². The van der Waals surface area contributed by atoms with Crippen molar-refractivity contribution in [3.05, 3.63) is 35.9 Å². The molecule has 0 aliphatic heterocycles. The summed E-state index contributed by atoms with van der Waals surface area (Å²) in [6, 6.07) is 4.20. The Kier molecular flexibility index (Phi) is 17.9. The molecule has 0 fully saturated rings. The second kappa shape index (κ2) is 21.0. The van der Waals surface area contributed by atoms with Gasteiger partial charge in [0.2, 0.25) is 29.5 Å². The van der Waals surface area contributed by atoms with E-state index in [4.69, 9.17) is 33.8 Å². The topological polar surface area (TPSA) is 313 Å². The van der Waals surface area contributed by atoms with Crippen LogP contribution in [-0.4, -0.2) is 90.4 Å². The molecule has 0 unspecified atom stereocenters. The molecule has 0 aliphatic rings. The molecule has 0 aliphatic carbocycles. The summed E-state index contributed by atoms with van der Waals surface area (Å²) in [5.41, 5.74) is 28.0. The number of aliphatic imine (C=N–C) groups is 1. The molecule has 0 saturated carbocycles. The number of unbranched alkanes of at least 4 members (excludes halogenated alkanes) is 1. The zero-order valence-electron chi connectivity index (χ0n) is 25.2. The largest absolute Gasteiger partial charge is 0.480 e. The summed E-state index contributed by atoms with van der Waals surface area (Å²) in [5.74, 6) is -4.90. The van der Waals surface area contributed by atoms with Crippen LogP contribution in [0, 0.1) is 0 Å². The molecular weight excluding hydrogens is 588 g/mol. The number of carboxylic acid groups (broad SMARTS) is 1. The number of rotatable bonds is 22. The van der Waals surface area contributed by atoms with Gasteiger partial charge in [0.1, 0.15) is 24.7 Å². The average Bonchev–Trinajstić information content (AvgIpc) is 2.99. The number of nitrogens with two attached hydrogens (primary N) is 5. The lowest BCUT2D eigenvalue weighted by molar-refractivity contribution is -0.138. The van der Waals surface area contributed by atoms with Gasteiger partial charge in [-0.15, -0.1) is 0 Å². The van der Waals surface area contributed by atoms with Gasteiger partial charge in [0, 0.05) is 19.4 Å². The molecule has 0 radical (unpaired) electrons. The van der Waals surface area contributed by atoms with Crippen LogP contribution in [0.5, 0.6) is 0 Å². The number of hydrogen-bond donors (Lipinski definition) is 10. The summed E-state index contributed by atoms with van der Waals surface area (Å²) in [6.45, 7) is -0.167. The van der Waals surface area contributed by atoms with E-state index in [1.165, 1.54) is 0 Å². The monoisotopic (exact) mass is 634 g/mol. The van der Waals surface area contributed by atoms with Gasteiger partial charge in [0.25, 0.3) is 0 Å². The molecule has 0 saturated heterocycles. The zero-order valence-corrected chi connectivity index (χ0v) is 25.2. The molecule has 0 heterocycles. The molecule has 1 rings (SSSR count). The Labute approximate surface area is 261 Å². The molecule has 0 aromatic heterocycles. The first-order valence-corrected chi connectivity index (χ1v) is 14.6. The fourth-order valence-corrected chi connectivity index (χ4v) is 4.13. The number of hydrogen-bond acceptors (Lipinski definition) is 9. The maximum Gasteiger partial charge on any atom is 0.322 e. The molecule has 45 heavy (non-hydrogen) atoms. The number of carboxylic acids is 1. The van der Waals surface area contributed by atoms with Gasteiger partial charge in [0.05, 0.1) is 6.04 Å². The van der Waals surface area contributed by atoms with E-state index in [2.05, 4.69) is 26.3 Å². The van der Waals surface area contributed by atoms with E-state index in [1.807, 2.05) is 0 Å². The molecule has 17 nitrogen and oxygen atoms in total. The Morgan fingerprint density at radius 3 is 1.93 bits per heavy atom. The fraction of sp³-hybridized carbons (Fsp3) is 0.536. The van der Waals surface area contributed by atoms with E-state index in [0.717, 1.165) is 0 Å². The van der Waals surface area contributed by atoms with Crippen molar-refractivity contribution >= 4 is 41.5 Å². The summed E-state index contributed by atoms with van der Waals surface area (Å²) < 4.78 is 0. The van der Waals surface area contributed by atoms with E-state index < -0.39 is 66.2 Å². The number of amides is 5. The Bertz CT molecular complexity index is 1160. The van der Waals surface area contributed by atoms with Crippen molar-refractivity contribution in [2.75, 3.05) is 19.6 Å². The number of guanidine groups is 1. The first kappa shape index (κ1) is 38.3. The van der Waals surface area contributed by atoms with Crippen LogP contribution in [0.3, 0.4) is 0 Å². The first-order chi connectivity index (χ1) is 21.3. The van der Waals surface area contributed by atoms with Gasteiger partial charge in [-0.25, -0.2) is 0 Å². The highest BCUT2D eigenvalue weighted by molar-refractivity contribution is 5.95. The van der Waals surface area contributed by atoms with Crippen molar-refractivity contribution in [2.24, 2.45) is 33.7 Å². The predicted octanol–water partition coefficient (Wildman–Crippen LogP) is -3.34. The van der Waals surface area contributed by atoms with Crippen LogP contribution in [-0.2, 0) is 35.2 Å². The molecule has 250 valence electrons. The third-order valence-corrected chi connectivity index (χ3v) is 6.53. The number of nitrogens with zero attached hydrogens (tertiary/aromatic N) is 1. The smallest absolute Gasteiger partial charge is 0.322 e. The highest BCUT2D eigenvalue weighted by atomic mass is 16.4. The Balaban J connectivity index is 3.21. The van der Waals surface area contributed by atoms with Crippen LogP contribution in [0.4, 0.5) is 0 Å². The molecule has 1 aromatic rings. The van der Waals surface area contributed by atoms with Crippen molar-refractivity contribution in [3.8, 4) is 0 Å². The second-order valence-corrected chi connectivity index (χ2v) is 10.3. The summed E-state index contributed by atoms with van der Waals surface area (Å²) in [4.78, 5) is 78.6. The minimum absolute atomic E-state index is 0.0220. The van der Waals surface area contributed by atoms with E-state index in [9.17, 15) is 28.8 Å². The van der Waals surface area contributed by atoms with E-state index in [0.29, 0.717) is 24.9 Å². The van der Waals surface area contributed by atoms with Gasteiger partial charge in [-0.2, -0.15) is 0 Å². The molecule has 0 spiro atoms. The van der Waals surface area contributed by atoms with Gasteiger partial charge in [0.15, 0.2) is 5.96 Å². The quantitative estimate of drug-likeness (QED) is 0.0341. The number of primary amides is 1. The van der Waals surface area contributed by atoms with E-state index in [-0.39, 0.29) is 51.0 Å². The Hall–Kier alpha value is -4.77. The van der Waals surface area contributed by atoms with Gasteiger partial charge < -0.3 is 55.0 Å². The van der Waals surface area contributed by atoms with Crippen LogP contribution in [0.25, 0.3) is 0 Å². The average molecular weight is 635 g/mol. The molecule has 17 heteroatoms. The SMILES string of the molecule is NCCCC[C@H](NC(=O)[C@@H](N)CCC(N)=O)C(=O)N[C@@H](Cc1ccccc1)C(=O)N[C@@H](CCCN=C(N)N)C(=O)NCC(=O)O. The lowest BCUT2D eigenvalue weighted by atomic mass is 10.0. The third kappa shape index (κ3) is 16.6. The molecule has 5 amide bonds. The molecule has 1 aromatic carbocycles. The second-order valence-electron chi connectivity index (χ2n) is 10.3. The van der Waals surface area contributed by atoms with E-state index in [1.54, 1.807) is 30.3 Å². The fourth-order valence-electron chi connectivity index (χ4n) is 4.13. The molecule has 0 bridgehead atoms. The van der Waals surface area contributed by atoms with Crippen LogP contribution in [0.1, 0.15) is 50.5 Å². The van der Waals surface area contributed by atoms with Crippen molar-refractivity contribution < 1.29 is 33.9 Å². The van der Waals surface area contributed by atoms with Crippen molar-refractivity contribution in [1.82, 2.24) is 21.3 Å². The maximum atomic E-state index is 13.6. The van der Waals surface area contributed by atoms with Crippen LogP contribution in [0.2, 0.25) is 0 Å². The summed E-state index contributed by atoms with van der Waals surface area (Å²) in [6.07, 6.45) is 1.43. The molecule has 15 N–H and O–H groups in total. The lowest BCUT2D eigenvalue weighted by Crippen LogP contribution is -2.58.